The third kappa shape index (κ3) is 6.80. The molecule has 0 aliphatic heterocycles. The molecule has 0 aromatic carbocycles. The number of hydrogen-bond acceptors (Lipinski definition) is 2. The molecule has 1 saturated carbocycles. The highest BCUT2D eigenvalue weighted by atomic mass is 19.4. The second-order valence-electron chi connectivity index (χ2n) is 5.32. The maximum absolute atomic E-state index is 11.9. The van der Waals surface area contributed by atoms with Gasteiger partial charge in [-0.2, -0.15) is 13.2 Å². The number of nitrogens with one attached hydrogen (secondary N) is 1. The van der Waals surface area contributed by atoms with Crippen molar-refractivity contribution in [2.24, 2.45) is 17.6 Å². The maximum Gasteiger partial charge on any atom is 0.389 e. The van der Waals surface area contributed by atoms with E-state index in [0.717, 1.165) is 25.7 Å². The predicted molar refractivity (Wildman–Crippen MR) is 67.4 cm³/mol. The average Bonchev–Trinajstić information content (AvgIpc) is 2.37. The number of nitrogens with two attached hydrogens (primary N) is 1. The first-order valence-corrected chi connectivity index (χ1v) is 6.97. The topological polar surface area (TPSA) is 55.1 Å². The molecule has 1 aliphatic carbocycles. The van der Waals surface area contributed by atoms with E-state index in [9.17, 15) is 18.0 Å². The molecule has 1 fully saturated rings. The summed E-state index contributed by atoms with van der Waals surface area (Å²) >= 11 is 0. The first-order valence-electron chi connectivity index (χ1n) is 6.97. The van der Waals surface area contributed by atoms with Gasteiger partial charge in [-0.25, -0.2) is 0 Å². The summed E-state index contributed by atoms with van der Waals surface area (Å²) in [7, 11) is 0. The zero-order valence-corrected chi connectivity index (χ0v) is 11.1. The predicted octanol–water partition coefficient (Wildman–Crippen LogP) is 2.60. The monoisotopic (exact) mass is 280 g/mol. The van der Waals surface area contributed by atoms with Gasteiger partial charge in [-0.1, -0.05) is 0 Å². The van der Waals surface area contributed by atoms with E-state index in [1.165, 1.54) is 0 Å². The summed E-state index contributed by atoms with van der Waals surface area (Å²) in [6.45, 7) is 1.01. The van der Waals surface area contributed by atoms with Gasteiger partial charge in [0.2, 0.25) is 5.91 Å². The van der Waals surface area contributed by atoms with Gasteiger partial charge in [0.15, 0.2) is 0 Å². The van der Waals surface area contributed by atoms with Crippen LogP contribution in [0, 0.1) is 11.8 Å². The molecule has 0 bridgehead atoms. The number of amides is 1. The molecule has 0 heterocycles. The number of carbonyl (C=O) groups is 1. The number of hydrogen-bond donors (Lipinski definition) is 2. The van der Waals surface area contributed by atoms with Gasteiger partial charge in [-0.3, -0.25) is 4.79 Å². The van der Waals surface area contributed by atoms with Crippen LogP contribution in [0.25, 0.3) is 0 Å². The zero-order valence-electron chi connectivity index (χ0n) is 11.1. The second-order valence-corrected chi connectivity index (χ2v) is 5.32. The minimum atomic E-state index is -4.09. The summed E-state index contributed by atoms with van der Waals surface area (Å²) in [5, 5.41) is 2.73. The van der Waals surface area contributed by atoms with Gasteiger partial charge in [-0.05, 0) is 51.0 Å². The minimum absolute atomic E-state index is 0.0116. The Bertz CT molecular complexity index is 274. The fraction of sp³-hybridized carbons (Fsp3) is 0.923. The maximum atomic E-state index is 11.9. The van der Waals surface area contributed by atoms with Crippen molar-refractivity contribution in [1.82, 2.24) is 5.32 Å². The lowest BCUT2D eigenvalue weighted by Crippen LogP contribution is -2.34. The first-order chi connectivity index (χ1) is 8.92. The van der Waals surface area contributed by atoms with E-state index in [1.54, 1.807) is 0 Å². The molecule has 0 atom stereocenters. The summed E-state index contributed by atoms with van der Waals surface area (Å²) in [6, 6.07) is 0. The van der Waals surface area contributed by atoms with Crippen LogP contribution in [-0.4, -0.2) is 25.2 Å². The lowest BCUT2D eigenvalue weighted by Gasteiger charge is -2.26. The van der Waals surface area contributed by atoms with E-state index in [1.807, 2.05) is 0 Å². The van der Waals surface area contributed by atoms with E-state index in [-0.39, 0.29) is 18.2 Å². The Balaban J connectivity index is 2.08. The molecule has 1 aliphatic rings. The Kier molecular flexibility index (Phi) is 6.62. The van der Waals surface area contributed by atoms with Crippen LogP contribution in [0.15, 0.2) is 0 Å². The normalized spacial score (nSPS) is 24.2. The first kappa shape index (κ1) is 16.3. The molecule has 0 aromatic heterocycles. The standard InChI is InChI=1S/C13H23F3N2O/c14-13(15,16)7-1-2-8-18-12(19)11-5-3-10(9-17)4-6-11/h10-11H,1-9,17H2,(H,18,19). The van der Waals surface area contributed by atoms with E-state index < -0.39 is 12.6 Å². The van der Waals surface area contributed by atoms with Gasteiger partial charge in [0, 0.05) is 18.9 Å². The number of carbonyl (C=O) groups excluding carboxylic acids is 1. The van der Waals surface area contributed by atoms with Crippen LogP contribution < -0.4 is 11.1 Å². The molecular formula is C13H23F3N2O. The van der Waals surface area contributed by atoms with Crippen molar-refractivity contribution < 1.29 is 18.0 Å². The SMILES string of the molecule is NCC1CCC(C(=O)NCCCCC(F)(F)F)CC1. The molecule has 6 heteroatoms. The molecule has 0 unspecified atom stereocenters. The third-order valence-electron chi connectivity index (χ3n) is 3.74. The van der Waals surface area contributed by atoms with Crippen LogP contribution in [0.3, 0.4) is 0 Å². The minimum Gasteiger partial charge on any atom is -0.356 e. The Morgan fingerprint density at radius 1 is 1.16 bits per heavy atom. The molecule has 0 aromatic rings. The summed E-state index contributed by atoms with van der Waals surface area (Å²) in [4.78, 5) is 11.8. The van der Waals surface area contributed by atoms with Crippen LogP contribution >= 0.6 is 0 Å². The van der Waals surface area contributed by atoms with E-state index in [0.29, 0.717) is 25.4 Å². The van der Waals surface area contributed by atoms with E-state index in [2.05, 4.69) is 5.32 Å². The summed E-state index contributed by atoms with van der Waals surface area (Å²) in [5.41, 5.74) is 5.58. The Morgan fingerprint density at radius 3 is 2.32 bits per heavy atom. The molecule has 0 radical (unpaired) electrons. The van der Waals surface area contributed by atoms with Crippen molar-refractivity contribution in [3.63, 3.8) is 0 Å². The zero-order chi connectivity index (χ0) is 14.3. The smallest absolute Gasteiger partial charge is 0.356 e. The molecule has 1 rings (SSSR count). The van der Waals surface area contributed by atoms with Gasteiger partial charge < -0.3 is 11.1 Å². The highest BCUT2D eigenvalue weighted by Crippen LogP contribution is 2.28. The van der Waals surface area contributed by atoms with Crippen LogP contribution in [0.2, 0.25) is 0 Å². The molecule has 3 N–H and O–H groups in total. The molecule has 0 spiro atoms. The lowest BCUT2D eigenvalue weighted by molar-refractivity contribution is -0.135. The fourth-order valence-electron chi connectivity index (χ4n) is 2.47. The van der Waals surface area contributed by atoms with Crippen molar-refractivity contribution in [2.45, 2.75) is 51.1 Å². The highest BCUT2D eigenvalue weighted by Gasteiger charge is 2.27. The van der Waals surface area contributed by atoms with Gasteiger partial charge in [0.1, 0.15) is 0 Å². The van der Waals surface area contributed by atoms with Crippen molar-refractivity contribution in [3.05, 3.63) is 0 Å². The molecule has 19 heavy (non-hydrogen) atoms. The summed E-state index contributed by atoms with van der Waals surface area (Å²) in [6.07, 6.45) is -0.778. The van der Waals surface area contributed by atoms with Gasteiger partial charge in [0.05, 0.1) is 0 Å². The number of rotatable bonds is 6. The van der Waals surface area contributed by atoms with Gasteiger partial charge >= 0.3 is 6.18 Å². The fourth-order valence-corrected chi connectivity index (χ4v) is 2.47. The second kappa shape index (κ2) is 7.72. The number of unbranched alkanes of at least 4 members (excludes halogenated alkanes) is 1. The molecule has 112 valence electrons. The Labute approximate surface area is 112 Å². The van der Waals surface area contributed by atoms with Crippen LogP contribution in [-0.2, 0) is 4.79 Å². The van der Waals surface area contributed by atoms with Crippen LogP contribution in [0.4, 0.5) is 13.2 Å². The van der Waals surface area contributed by atoms with E-state index in [4.69, 9.17) is 5.73 Å². The number of halogens is 3. The molecule has 1 amide bonds. The third-order valence-corrected chi connectivity index (χ3v) is 3.74. The number of alkyl halides is 3. The molecular weight excluding hydrogens is 257 g/mol. The lowest BCUT2D eigenvalue weighted by atomic mass is 9.81. The largest absolute Gasteiger partial charge is 0.389 e. The van der Waals surface area contributed by atoms with E-state index >= 15 is 0 Å². The summed E-state index contributed by atoms with van der Waals surface area (Å²) < 4.78 is 35.7. The molecule has 0 saturated heterocycles. The average molecular weight is 280 g/mol. The Morgan fingerprint density at radius 2 is 1.79 bits per heavy atom. The van der Waals surface area contributed by atoms with Crippen molar-refractivity contribution in [3.8, 4) is 0 Å². The van der Waals surface area contributed by atoms with Crippen molar-refractivity contribution in [1.29, 1.82) is 0 Å². The van der Waals surface area contributed by atoms with Crippen LogP contribution in [0.5, 0.6) is 0 Å². The van der Waals surface area contributed by atoms with Crippen molar-refractivity contribution in [2.75, 3.05) is 13.1 Å². The Hall–Kier alpha value is -0.780. The van der Waals surface area contributed by atoms with Crippen molar-refractivity contribution >= 4 is 5.91 Å². The molecule has 3 nitrogen and oxygen atoms in total. The van der Waals surface area contributed by atoms with Gasteiger partial charge in [0.25, 0.3) is 0 Å². The quantitative estimate of drug-likeness (QED) is 0.735. The highest BCUT2D eigenvalue weighted by molar-refractivity contribution is 5.78. The summed E-state index contributed by atoms with van der Waals surface area (Å²) in [5.74, 6) is 0.531. The van der Waals surface area contributed by atoms with Crippen LogP contribution in [0.1, 0.15) is 44.9 Å². The van der Waals surface area contributed by atoms with Gasteiger partial charge in [-0.15, -0.1) is 0 Å².